The lowest BCUT2D eigenvalue weighted by molar-refractivity contribution is -0.144. The lowest BCUT2D eigenvalue weighted by Gasteiger charge is -2.34. The molecule has 12 nitrogen and oxygen atoms in total. The molecule has 0 bridgehead atoms. The number of rotatable bonds is 87. The zero-order valence-electron chi connectivity index (χ0n) is 79.9. The summed E-state index contributed by atoms with van der Waals surface area (Å²) in [5.74, 6) is -0.300. The van der Waals surface area contributed by atoms with Gasteiger partial charge in [-0.1, -0.05) is 337 Å². The Morgan fingerprint density at radius 3 is 0.712 bits per heavy atom. The number of unbranched alkanes of at least 4 members (excludes halogenated alkanes) is 44. The molecule has 0 heterocycles. The molecule has 0 rings (SSSR count). The number of ether oxygens (including phenoxy) is 4. The summed E-state index contributed by atoms with van der Waals surface area (Å²) < 4.78 is 34.5. The molecule has 0 aromatic heterocycles. The van der Waals surface area contributed by atoms with Gasteiger partial charge < -0.3 is 37.8 Å². The van der Waals surface area contributed by atoms with Crippen LogP contribution in [0.1, 0.15) is 347 Å². The van der Waals surface area contributed by atoms with Crippen molar-refractivity contribution in [2.75, 3.05) is 40.0 Å². The first-order valence-corrected chi connectivity index (χ1v) is 67.3. The molecule has 0 atom stereocenters. The fourth-order valence-electron chi connectivity index (χ4n) is 16.6. The highest BCUT2D eigenvalue weighted by Gasteiger charge is 2.34. The van der Waals surface area contributed by atoms with Gasteiger partial charge in [-0.2, -0.15) is 0 Å². The van der Waals surface area contributed by atoms with Gasteiger partial charge in [0.15, 0.2) is 33.3 Å². The van der Waals surface area contributed by atoms with Crippen LogP contribution >= 0.6 is 0 Å². The largest absolute Gasteiger partial charge is 0.466 e. The molecule has 2 N–H and O–H groups in total. The SMILES string of the molecule is C=CCCCCCCCC[Si](C)(C)O[Si](C)(C)CCCCCCCCCCCOC(=O)CCC.C=CCCCCCCCC[Si](C)(C)O[Si](C)(C)CCCCCCCCCCCOC(=O)NC.C=CC[Si](CC=C)(CC=C)CCCCCCCCCCCOC(=O)CCNC(=O)OCCCCCCCCCCC[Si](CC=C)(CC=C)CC=C. The van der Waals surface area contributed by atoms with Crippen molar-refractivity contribution >= 4 is 73.5 Å². The third kappa shape index (κ3) is 83.5. The fourth-order valence-corrected chi connectivity index (χ4v) is 42.5. The minimum absolute atomic E-state index is 0.0360. The summed E-state index contributed by atoms with van der Waals surface area (Å²) in [5, 5.41) is 5.13. The van der Waals surface area contributed by atoms with Crippen LogP contribution in [0, 0.1) is 0 Å². The van der Waals surface area contributed by atoms with Crippen LogP contribution in [0.4, 0.5) is 9.59 Å². The second-order valence-corrected chi connectivity index (χ2v) is 64.4. The minimum atomic E-state index is -1.52. The van der Waals surface area contributed by atoms with Crippen molar-refractivity contribution in [3.05, 3.63) is 101 Å². The lowest BCUT2D eigenvalue weighted by Crippen LogP contribution is -2.44. The Kier molecular flexibility index (Phi) is 85.0. The van der Waals surface area contributed by atoms with Crippen molar-refractivity contribution in [1.29, 1.82) is 0 Å². The van der Waals surface area contributed by atoms with Crippen molar-refractivity contribution in [3.63, 3.8) is 0 Å². The topological polar surface area (TPSA) is 148 Å². The molecule has 0 unspecified atom stereocenters. The van der Waals surface area contributed by atoms with E-state index in [2.05, 4.69) is 152 Å². The Labute approximate surface area is 739 Å². The molecular weight excluding hydrogens is 1560 g/mol. The normalized spacial score (nSPS) is 11.8. The van der Waals surface area contributed by atoms with Crippen LogP contribution in [0.5, 0.6) is 0 Å². The summed E-state index contributed by atoms with van der Waals surface area (Å²) in [7, 11) is -7.17. The zero-order chi connectivity index (χ0) is 88.1. The minimum Gasteiger partial charge on any atom is -0.466 e. The number of amides is 2. The molecule has 0 radical (unpaired) electrons. The molecule has 0 aliphatic rings. The van der Waals surface area contributed by atoms with E-state index in [1.54, 1.807) is 7.05 Å². The van der Waals surface area contributed by atoms with Crippen LogP contribution in [-0.4, -0.2) is 114 Å². The van der Waals surface area contributed by atoms with Crippen LogP contribution in [0.2, 0.25) is 125 Å². The van der Waals surface area contributed by atoms with E-state index in [9.17, 15) is 19.2 Å². The number of carbonyl (C=O) groups excluding carboxylic acids is 4. The summed E-state index contributed by atoms with van der Waals surface area (Å²) >= 11 is 0. The molecule has 0 aromatic rings. The van der Waals surface area contributed by atoms with Gasteiger partial charge in [0, 0.05) is 20.0 Å². The van der Waals surface area contributed by atoms with Gasteiger partial charge in [0.2, 0.25) is 0 Å². The smallest absolute Gasteiger partial charge is 0.407 e. The van der Waals surface area contributed by atoms with Gasteiger partial charge in [0.25, 0.3) is 0 Å². The van der Waals surface area contributed by atoms with Crippen molar-refractivity contribution < 1.29 is 46.4 Å². The quantitative estimate of drug-likeness (QED) is 0.0198. The van der Waals surface area contributed by atoms with E-state index in [1.807, 2.05) is 19.1 Å². The van der Waals surface area contributed by atoms with E-state index in [0.29, 0.717) is 32.8 Å². The molecule has 0 aliphatic heterocycles. The molecule has 0 aromatic carbocycles. The highest BCUT2D eigenvalue weighted by Crippen LogP contribution is 2.33. The number of carbonyl (C=O) groups is 4. The highest BCUT2D eigenvalue weighted by atomic mass is 28.4. The summed E-state index contributed by atoms with van der Waals surface area (Å²) in [4.78, 5) is 46.2. The third-order valence-corrected chi connectivity index (χ3v) is 48.1. The van der Waals surface area contributed by atoms with Crippen molar-refractivity contribution in [2.24, 2.45) is 0 Å². The first-order chi connectivity index (χ1) is 56.8. The van der Waals surface area contributed by atoms with E-state index in [-0.39, 0.29) is 31.0 Å². The molecule has 0 fully saturated rings. The number of esters is 2. The molecule has 0 saturated heterocycles. The summed E-state index contributed by atoms with van der Waals surface area (Å²) in [6.45, 7) is 55.4. The van der Waals surface area contributed by atoms with Gasteiger partial charge in [-0.05, 0) is 171 Å². The average molecular weight is 1760 g/mol. The van der Waals surface area contributed by atoms with Crippen LogP contribution in [0.15, 0.2) is 101 Å². The Balaban J connectivity index is -0.00000174. The molecule has 690 valence electrons. The second kappa shape index (κ2) is 84.5. The van der Waals surface area contributed by atoms with Gasteiger partial charge in [-0.15, -0.1) is 52.6 Å². The van der Waals surface area contributed by atoms with Gasteiger partial charge >= 0.3 is 24.1 Å². The molecule has 0 aliphatic carbocycles. The molecule has 0 spiro atoms. The monoisotopic (exact) mass is 1750 g/mol. The molecule has 2 amide bonds. The van der Waals surface area contributed by atoms with Crippen LogP contribution in [0.25, 0.3) is 0 Å². The summed E-state index contributed by atoms with van der Waals surface area (Å²) in [6, 6.07) is 15.0. The van der Waals surface area contributed by atoms with Gasteiger partial charge in [-0.3, -0.25) is 9.59 Å². The van der Waals surface area contributed by atoms with E-state index in [4.69, 9.17) is 27.2 Å². The van der Waals surface area contributed by atoms with Crippen molar-refractivity contribution in [1.82, 2.24) is 10.6 Å². The number of nitrogens with one attached hydrogen (secondary N) is 2. The number of alkyl carbamates (subject to hydrolysis) is 2. The van der Waals surface area contributed by atoms with Crippen molar-refractivity contribution in [3.8, 4) is 0 Å². The van der Waals surface area contributed by atoms with Crippen LogP contribution in [-0.2, 0) is 36.8 Å². The Hall–Kier alpha value is -3.38. The van der Waals surface area contributed by atoms with E-state index >= 15 is 0 Å². The molecular formula is C100H196N2O10Si6. The lowest BCUT2D eigenvalue weighted by atomic mass is 10.1. The zero-order valence-corrected chi connectivity index (χ0v) is 85.9. The number of hydrogen-bond donors (Lipinski definition) is 2. The maximum Gasteiger partial charge on any atom is 0.407 e. The fraction of sp³-hybridized carbons (Fsp3) is 0.800. The first-order valence-electron chi connectivity index (χ1n) is 49.1. The highest BCUT2D eigenvalue weighted by molar-refractivity contribution is 6.85. The molecule has 0 saturated carbocycles. The van der Waals surface area contributed by atoms with E-state index in [1.165, 1.54) is 349 Å². The second-order valence-electron chi connectivity index (χ2n) is 37.2. The predicted molar refractivity (Wildman–Crippen MR) is 535 cm³/mol. The average Bonchev–Trinajstić information content (AvgIpc) is 0.884. The van der Waals surface area contributed by atoms with Crippen LogP contribution < -0.4 is 10.6 Å². The standard InChI is InChI=1S/C44H79NO4Si2.C29H60O3Si2.C27H57NO3Si2/c1-7-35-50(36-8-2,37-9-3)41-29-25-21-17-13-15-19-23-27-33-48-43(46)31-32-45-44(47)49-34-28-24-20-16-14-18-22-26-30-42-51(38-10-4,39-11-5)40-12-6;1-7-9-10-11-12-17-20-23-27-33(3,4)32-34(5,6)28-24-21-18-15-13-14-16-19-22-26-31-29(30)25-8-2;1-7-8-9-10-11-16-19-22-25-32(3,4)31-33(5,6)26-23-20-17-14-12-13-15-18-21-24-30-27(29)28-2/h7-12H,1-6,13-42H2,(H,45,47);7H,1,8-28H2,2-6H3;7H,1,8-26H2,2-6H3,(H,28,29). The molecule has 118 heavy (non-hydrogen) atoms. The van der Waals surface area contributed by atoms with E-state index < -0.39 is 55.5 Å². The van der Waals surface area contributed by atoms with Crippen LogP contribution in [0.3, 0.4) is 0 Å². The van der Waals surface area contributed by atoms with Crippen molar-refractivity contribution in [2.45, 2.75) is 472 Å². The third-order valence-electron chi connectivity index (χ3n) is 23.2. The number of hydrogen-bond acceptors (Lipinski definition) is 10. The Bertz CT molecular complexity index is 2300. The summed E-state index contributed by atoms with van der Waals surface area (Å²) in [5.41, 5.74) is 0. The van der Waals surface area contributed by atoms with E-state index in [0.717, 1.165) is 51.4 Å². The Morgan fingerprint density at radius 1 is 0.263 bits per heavy atom. The van der Waals surface area contributed by atoms with Gasteiger partial charge in [0.05, 0.1) is 49.0 Å². The van der Waals surface area contributed by atoms with Gasteiger partial charge in [0.1, 0.15) is 0 Å². The number of allylic oxidation sites excluding steroid dienone is 8. The Morgan fingerprint density at radius 2 is 0.475 bits per heavy atom. The maximum absolute atomic E-state index is 12.0. The first kappa shape index (κ1) is 119. The van der Waals surface area contributed by atoms with Gasteiger partial charge in [-0.25, -0.2) is 9.59 Å². The maximum atomic E-state index is 12.0. The summed E-state index contributed by atoms with van der Waals surface area (Å²) in [6.07, 6.45) is 81.1. The molecule has 18 heteroatoms. The predicted octanol–water partition coefficient (Wildman–Crippen LogP) is 33.1.